The number of nitrogens with zero attached hydrogens (tertiary/aromatic N) is 1. The number of nitrogen functional groups attached to an aromatic ring is 1. The van der Waals surface area contributed by atoms with Gasteiger partial charge in [0.15, 0.2) is 0 Å². The highest BCUT2D eigenvalue weighted by Crippen LogP contribution is 2.07. The summed E-state index contributed by atoms with van der Waals surface area (Å²) in [6, 6.07) is 1.28. The number of rotatable bonds is 1. The molecule has 0 aromatic carbocycles. The number of pyridine rings is 1. The molecule has 0 saturated carbocycles. The van der Waals surface area contributed by atoms with Gasteiger partial charge in [-0.05, 0) is 6.07 Å². The normalized spacial score (nSPS) is 9.80. The van der Waals surface area contributed by atoms with Gasteiger partial charge in [-0.25, -0.2) is 9.37 Å². The fourth-order valence-corrected chi connectivity index (χ4v) is 0.655. The van der Waals surface area contributed by atoms with Crippen LogP contribution in [0.4, 0.5) is 10.2 Å². The van der Waals surface area contributed by atoms with Gasteiger partial charge in [0, 0.05) is 12.1 Å². The summed E-state index contributed by atoms with van der Waals surface area (Å²) in [7, 11) is 0. The predicted molar refractivity (Wildman–Crippen MR) is 36.5 cm³/mol. The number of aromatic nitrogens is 1. The van der Waals surface area contributed by atoms with Gasteiger partial charge in [-0.1, -0.05) is 0 Å². The summed E-state index contributed by atoms with van der Waals surface area (Å²) in [6.07, 6.45) is 1.06. The molecule has 0 bridgehead atoms. The lowest BCUT2D eigenvalue weighted by Gasteiger charge is -1.99. The van der Waals surface area contributed by atoms with Gasteiger partial charge in [0.25, 0.3) is 0 Å². The Morgan fingerprint density at radius 2 is 2.30 bits per heavy atom. The highest BCUT2D eigenvalue weighted by atomic mass is 19.1. The summed E-state index contributed by atoms with van der Waals surface area (Å²) in [5.41, 5.74) is 11.1. The third-order valence-electron chi connectivity index (χ3n) is 1.19. The standard InChI is InChI=1S/C6H8FN3/c7-5-1-4(2-8)6(9)10-3-5/h1,3H,2,8H2,(H2,9,10). The monoisotopic (exact) mass is 141 g/mol. The van der Waals surface area contributed by atoms with Gasteiger partial charge in [-0.2, -0.15) is 0 Å². The first-order chi connectivity index (χ1) is 4.74. The smallest absolute Gasteiger partial charge is 0.141 e. The first-order valence-corrected chi connectivity index (χ1v) is 2.84. The van der Waals surface area contributed by atoms with E-state index in [0.29, 0.717) is 11.4 Å². The molecular weight excluding hydrogens is 133 g/mol. The SMILES string of the molecule is NCc1cc(F)cnc1N. The van der Waals surface area contributed by atoms with Crippen molar-refractivity contribution < 1.29 is 4.39 Å². The molecule has 0 radical (unpaired) electrons. The molecule has 0 aliphatic rings. The van der Waals surface area contributed by atoms with Gasteiger partial charge in [-0.3, -0.25) is 0 Å². The second kappa shape index (κ2) is 2.62. The third kappa shape index (κ3) is 1.22. The molecule has 0 unspecified atom stereocenters. The summed E-state index contributed by atoms with van der Waals surface area (Å²) >= 11 is 0. The first-order valence-electron chi connectivity index (χ1n) is 2.84. The van der Waals surface area contributed by atoms with Crippen molar-refractivity contribution in [1.29, 1.82) is 0 Å². The quantitative estimate of drug-likeness (QED) is 0.589. The van der Waals surface area contributed by atoms with Crippen molar-refractivity contribution >= 4 is 5.82 Å². The van der Waals surface area contributed by atoms with E-state index >= 15 is 0 Å². The zero-order chi connectivity index (χ0) is 7.56. The fraction of sp³-hybridized carbons (Fsp3) is 0.167. The minimum atomic E-state index is -0.408. The van der Waals surface area contributed by atoms with E-state index in [1.165, 1.54) is 6.07 Å². The van der Waals surface area contributed by atoms with E-state index in [4.69, 9.17) is 11.5 Å². The Hall–Kier alpha value is -1.16. The van der Waals surface area contributed by atoms with E-state index < -0.39 is 5.82 Å². The summed E-state index contributed by atoms with van der Waals surface area (Å²) in [5, 5.41) is 0. The predicted octanol–water partition coefficient (Wildman–Crippen LogP) is 0.262. The summed E-state index contributed by atoms with van der Waals surface area (Å²) in [4.78, 5) is 3.57. The lowest BCUT2D eigenvalue weighted by Crippen LogP contribution is -2.03. The number of halogens is 1. The number of nitrogens with two attached hydrogens (primary N) is 2. The van der Waals surface area contributed by atoms with Crippen molar-refractivity contribution in [3.05, 3.63) is 23.6 Å². The largest absolute Gasteiger partial charge is 0.383 e. The molecule has 1 rings (SSSR count). The Labute approximate surface area is 57.9 Å². The molecule has 4 heteroatoms. The van der Waals surface area contributed by atoms with E-state index in [1.54, 1.807) is 0 Å². The minimum Gasteiger partial charge on any atom is -0.383 e. The molecule has 0 amide bonds. The Balaban J connectivity index is 3.09. The van der Waals surface area contributed by atoms with Crippen molar-refractivity contribution in [2.24, 2.45) is 5.73 Å². The van der Waals surface area contributed by atoms with Crippen LogP contribution in [0.25, 0.3) is 0 Å². The minimum absolute atomic E-state index is 0.219. The average molecular weight is 141 g/mol. The Kier molecular flexibility index (Phi) is 1.82. The molecule has 0 saturated heterocycles. The Bertz CT molecular complexity index is 236. The molecule has 0 fully saturated rings. The van der Waals surface area contributed by atoms with Crippen molar-refractivity contribution in [1.82, 2.24) is 4.98 Å². The number of hydrogen-bond donors (Lipinski definition) is 2. The molecule has 4 N–H and O–H groups in total. The molecule has 1 aromatic heterocycles. The maximum Gasteiger partial charge on any atom is 0.141 e. The Morgan fingerprint density at radius 3 is 2.80 bits per heavy atom. The Morgan fingerprint density at radius 1 is 1.60 bits per heavy atom. The number of anilines is 1. The molecule has 0 aliphatic heterocycles. The van der Waals surface area contributed by atoms with Crippen LogP contribution >= 0.6 is 0 Å². The molecule has 3 nitrogen and oxygen atoms in total. The maximum atomic E-state index is 12.4. The van der Waals surface area contributed by atoms with Crippen LogP contribution in [-0.2, 0) is 6.54 Å². The first kappa shape index (κ1) is 6.95. The molecule has 0 spiro atoms. The van der Waals surface area contributed by atoms with Gasteiger partial charge in [0.1, 0.15) is 11.6 Å². The van der Waals surface area contributed by atoms with Crippen LogP contribution < -0.4 is 11.5 Å². The summed E-state index contributed by atoms with van der Waals surface area (Å²) in [5.74, 6) is -0.112. The molecule has 0 atom stereocenters. The second-order valence-electron chi connectivity index (χ2n) is 1.90. The zero-order valence-corrected chi connectivity index (χ0v) is 5.34. The van der Waals surface area contributed by atoms with E-state index in [-0.39, 0.29) is 6.54 Å². The van der Waals surface area contributed by atoms with Crippen LogP contribution in [0, 0.1) is 5.82 Å². The van der Waals surface area contributed by atoms with Gasteiger partial charge in [0.05, 0.1) is 6.20 Å². The van der Waals surface area contributed by atoms with Gasteiger partial charge < -0.3 is 11.5 Å². The van der Waals surface area contributed by atoms with Gasteiger partial charge >= 0.3 is 0 Å². The van der Waals surface area contributed by atoms with Crippen LogP contribution in [0.15, 0.2) is 12.3 Å². The van der Waals surface area contributed by atoms with Crippen LogP contribution in [0.5, 0.6) is 0 Å². The average Bonchev–Trinajstić information content (AvgIpc) is 1.94. The second-order valence-corrected chi connectivity index (χ2v) is 1.90. The zero-order valence-electron chi connectivity index (χ0n) is 5.34. The van der Waals surface area contributed by atoms with Crippen molar-refractivity contribution in [3.8, 4) is 0 Å². The van der Waals surface area contributed by atoms with Crippen LogP contribution in [-0.4, -0.2) is 4.98 Å². The van der Waals surface area contributed by atoms with Gasteiger partial charge in [0.2, 0.25) is 0 Å². The lowest BCUT2D eigenvalue weighted by atomic mass is 10.2. The molecule has 10 heavy (non-hydrogen) atoms. The van der Waals surface area contributed by atoms with E-state index in [2.05, 4.69) is 4.98 Å². The van der Waals surface area contributed by atoms with Crippen molar-refractivity contribution in [3.63, 3.8) is 0 Å². The van der Waals surface area contributed by atoms with Crippen molar-refractivity contribution in [2.45, 2.75) is 6.54 Å². The highest BCUT2D eigenvalue weighted by Gasteiger charge is 1.98. The van der Waals surface area contributed by atoms with E-state index in [0.717, 1.165) is 6.20 Å². The van der Waals surface area contributed by atoms with Gasteiger partial charge in [-0.15, -0.1) is 0 Å². The van der Waals surface area contributed by atoms with E-state index in [1.807, 2.05) is 0 Å². The molecule has 1 aromatic rings. The molecular formula is C6H8FN3. The van der Waals surface area contributed by atoms with Crippen LogP contribution in [0.3, 0.4) is 0 Å². The van der Waals surface area contributed by atoms with Crippen LogP contribution in [0.2, 0.25) is 0 Å². The molecule has 1 heterocycles. The topological polar surface area (TPSA) is 64.9 Å². The number of hydrogen-bond acceptors (Lipinski definition) is 3. The maximum absolute atomic E-state index is 12.4. The third-order valence-corrected chi connectivity index (χ3v) is 1.19. The highest BCUT2D eigenvalue weighted by molar-refractivity contribution is 5.38. The van der Waals surface area contributed by atoms with Crippen LogP contribution in [0.1, 0.15) is 5.56 Å². The lowest BCUT2D eigenvalue weighted by molar-refractivity contribution is 0.619. The molecule has 54 valence electrons. The van der Waals surface area contributed by atoms with Crippen molar-refractivity contribution in [2.75, 3.05) is 5.73 Å². The summed E-state index contributed by atoms with van der Waals surface area (Å²) < 4.78 is 12.4. The summed E-state index contributed by atoms with van der Waals surface area (Å²) in [6.45, 7) is 0.219. The van der Waals surface area contributed by atoms with E-state index in [9.17, 15) is 4.39 Å². The fourth-order valence-electron chi connectivity index (χ4n) is 0.655. The molecule has 0 aliphatic carbocycles.